The number of para-hydroxylation sites is 3. The molecule has 0 aliphatic rings. The predicted octanol–water partition coefficient (Wildman–Crippen LogP) is 3.95. The molecular formula is C16H13N3O2. The maximum absolute atomic E-state index is 11.1. The molecule has 1 heterocycles. The van der Waals surface area contributed by atoms with Crippen LogP contribution in [0.2, 0.25) is 0 Å². The van der Waals surface area contributed by atoms with Gasteiger partial charge in [0, 0.05) is 5.56 Å². The zero-order valence-corrected chi connectivity index (χ0v) is 11.4. The Kier molecular flexibility index (Phi) is 3.23. The molecular weight excluding hydrogens is 266 g/mol. The molecule has 1 aromatic heterocycles. The van der Waals surface area contributed by atoms with Crippen LogP contribution in [0.25, 0.3) is 23.2 Å². The zero-order chi connectivity index (χ0) is 14.8. The summed E-state index contributed by atoms with van der Waals surface area (Å²) in [5, 5.41) is 11.1. The largest absolute Gasteiger partial charge is 0.338 e. The number of hydrogen-bond donors (Lipinski definition) is 1. The van der Waals surface area contributed by atoms with Crippen molar-refractivity contribution in [3.8, 4) is 0 Å². The molecule has 0 spiro atoms. The molecule has 2 aromatic carbocycles. The second-order valence-electron chi connectivity index (χ2n) is 4.74. The Morgan fingerprint density at radius 3 is 2.71 bits per heavy atom. The van der Waals surface area contributed by atoms with Crippen LogP contribution in [0, 0.1) is 17.0 Å². The number of fused-ring (bicyclic) bond motifs is 1. The lowest BCUT2D eigenvalue weighted by atomic mass is 10.1. The molecule has 0 atom stereocenters. The van der Waals surface area contributed by atoms with Gasteiger partial charge < -0.3 is 4.98 Å². The molecule has 3 aromatic rings. The van der Waals surface area contributed by atoms with E-state index in [0.29, 0.717) is 17.0 Å². The first-order valence-electron chi connectivity index (χ1n) is 6.52. The molecule has 0 radical (unpaired) electrons. The highest BCUT2D eigenvalue weighted by Gasteiger charge is 2.14. The van der Waals surface area contributed by atoms with Gasteiger partial charge in [-0.15, -0.1) is 0 Å². The van der Waals surface area contributed by atoms with Crippen molar-refractivity contribution in [2.24, 2.45) is 0 Å². The second kappa shape index (κ2) is 5.20. The Hall–Kier alpha value is -2.95. The summed E-state index contributed by atoms with van der Waals surface area (Å²) in [6.45, 7) is 1.73. The van der Waals surface area contributed by atoms with E-state index in [4.69, 9.17) is 0 Å². The third-order valence-electron chi connectivity index (χ3n) is 3.28. The first kappa shape index (κ1) is 13.1. The molecule has 0 saturated heterocycles. The Balaban J connectivity index is 1.99. The lowest BCUT2D eigenvalue weighted by molar-refractivity contribution is -0.385. The molecule has 0 saturated carbocycles. The van der Waals surface area contributed by atoms with Gasteiger partial charge in [0.2, 0.25) is 0 Å². The molecule has 0 aliphatic carbocycles. The number of nitro benzene ring substituents is 1. The van der Waals surface area contributed by atoms with Crippen molar-refractivity contribution in [1.29, 1.82) is 0 Å². The van der Waals surface area contributed by atoms with E-state index in [1.54, 1.807) is 37.3 Å². The third-order valence-corrected chi connectivity index (χ3v) is 3.28. The number of imidazole rings is 1. The monoisotopic (exact) mass is 279 g/mol. The average Bonchev–Trinajstić information content (AvgIpc) is 2.87. The normalized spacial score (nSPS) is 11.3. The summed E-state index contributed by atoms with van der Waals surface area (Å²) in [6.07, 6.45) is 3.46. The van der Waals surface area contributed by atoms with E-state index in [1.807, 2.05) is 24.3 Å². The Morgan fingerprint density at radius 1 is 1.14 bits per heavy atom. The third kappa shape index (κ3) is 2.53. The highest BCUT2D eigenvalue weighted by atomic mass is 16.6. The highest BCUT2D eigenvalue weighted by Crippen LogP contribution is 2.24. The predicted molar refractivity (Wildman–Crippen MR) is 82.9 cm³/mol. The summed E-state index contributed by atoms with van der Waals surface area (Å²) in [4.78, 5) is 18.4. The molecule has 104 valence electrons. The molecule has 0 amide bonds. The van der Waals surface area contributed by atoms with Crippen LogP contribution in [0.3, 0.4) is 0 Å². The quantitative estimate of drug-likeness (QED) is 0.582. The molecule has 0 bridgehead atoms. The van der Waals surface area contributed by atoms with E-state index in [-0.39, 0.29) is 10.6 Å². The number of aryl methyl sites for hydroxylation is 1. The van der Waals surface area contributed by atoms with Crippen molar-refractivity contribution in [3.05, 3.63) is 69.5 Å². The van der Waals surface area contributed by atoms with Gasteiger partial charge in [-0.3, -0.25) is 10.1 Å². The summed E-state index contributed by atoms with van der Waals surface area (Å²) in [5.74, 6) is 0.673. The fourth-order valence-corrected chi connectivity index (χ4v) is 2.29. The van der Waals surface area contributed by atoms with Gasteiger partial charge >= 0.3 is 0 Å². The maximum Gasteiger partial charge on any atom is 0.279 e. The Morgan fingerprint density at radius 2 is 1.95 bits per heavy atom. The van der Waals surface area contributed by atoms with Crippen LogP contribution in [-0.2, 0) is 0 Å². The van der Waals surface area contributed by atoms with Crippen molar-refractivity contribution >= 4 is 28.9 Å². The Bertz CT molecular complexity index is 817. The molecule has 5 nitrogen and oxygen atoms in total. The number of nitrogens with one attached hydrogen (secondary N) is 1. The van der Waals surface area contributed by atoms with Crippen LogP contribution < -0.4 is 0 Å². The molecule has 0 aliphatic heterocycles. The van der Waals surface area contributed by atoms with Gasteiger partial charge in [-0.2, -0.15) is 0 Å². The maximum atomic E-state index is 11.1. The number of nitro groups is 1. The molecule has 1 N–H and O–H groups in total. The van der Waals surface area contributed by atoms with Gasteiger partial charge in [0.15, 0.2) is 0 Å². The smallest absolute Gasteiger partial charge is 0.279 e. The minimum absolute atomic E-state index is 0.130. The molecule has 5 heteroatoms. The van der Waals surface area contributed by atoms with E-state index in [9.17, 15) is 10.1 Å². The number of aromatic nitrogens is 2. The van der Waals surface area contributed by atoms with Crippen LogP contribution in [0.1, 0.15) is 17.0 Å². The number of H-pyrrole nitrogens is 1. The lowest BCUT2D eigenvalue weighted by Gasteiger charge is -2.00. The molecule has 3 rings (SSSR count). The zero-order valence-electron chi connectivity index (χ0n) is 11.4. The van der Waals surface area contributed by atoms with Crippen molar-refractivity contribution in [2.75, 3.05) is 0 Å². The summed E-state index contributed by atoms with van der Waals surface area (Å²) >= 11 is 0. The van der Waals surface area contributed by atoms with Crippen molar-refractivity contribution in [2.45, 2.75) is 6.92 Å². The number of benzene rings is 2. The topological polar surface area (TPSA) is 71.8 Å². The van der Waals surface area contributed by atoms with Gasteiger partial charge in [-0.05, 0) is 37.3 Å². The van der Waals surface area contributed by atoms with Gasteiger partial charge in [-0.25, -0.2) is 4.98 Å². The van der Waals surface area contributed by atoms with Crippen molar-refractivity contribution in [1.82, 2.24) is 9.97 Å². The fourth-order valence-electron chi connectivity index (χ4n) is 2.29. The number of aromatic amines is 1. The minimum atomic E-state index is -0.354. The summed E-state index contributed by atoms with van der Waals surface area (Å²) in [5.41, 5.74) is 3.16. The highest BCUT2D eigenvalue weighted by molar-refractivity contribution is 5.80. The fraction of sp³-hybridized carbons (Fsp3) is 0.0625. The van der Waals surface area contributed by atoms with Crippen LogP contribution in [-0.4, -0.2) is 14.9 Å². The summed E-state index contributed by atoms with van der Waals surface area (Å²) < 4.78 is 0. The van der Waals surface area contributed by atoms with Gasteiger partial charge in [0.25, 0.3) is 5.69 Å². The number of hydrogen-bond acceptors (Lipinski definition) is 3. The van der Waals surface area contributed by atoms with E-state index >= 15 is 0 Å². The van der Waals surface area contributed by atoms with Gasteiger partial charge in [0.05, 0.1) is 21.5 Å². The summed E-state index contributed by atoms with van der Waals surface area (Å²) in [7, 11) is 0. The van der Waals surface area contributed by atoms with E-state index in [1.165, 1.54) is 0 Å². The van der Waals surface area contributed by atoms with E-state index in [2.05, 4.69) is 9.97 Å². The lowest BCUT2D eigenvalue weighted by Crippen LogP contribution is -1.94. The molecule has 0 fully saturated rings. The van der Waals surface area contributed by atoms with Crippen LogP contribution in [0.4, 0.5) is 5.69 Å². The first-order chi connectivity index (χ1) is 10.1. The van der Waals surface area contributed by atoms with E-state index in [0.717, 1.165) is 11.0 Å². The minimum Gasteiger partial charge on any atom is -0.338 e. The Labute approximate surface area is 121 Å². The van der Waals surface area contributed by atoms with Crippen molar-refractivity contribution < 1.29 is 4.92 Å². The summed E-state index contributed by atoms with van der Waals surface area (Å²) in [6, 6.07) is 13.0. The van der Waals surface area contributed by atoms with Crippen molar-refractivity contribution in [3.63, 3.8) is 0 Å². The van der Waals surface area contributed by atoms with Crippen LogP contribution >= 0.6 is 0 Å². The first-order valence-corrected chi connectivity index (χ1v) is 6.52. The number of nitrogens with zero attached hydrogens (tertiary/aromatic N) is 2. The average molecular weight is 279 g/mol. The SMILES string of the molecule is Cc1cccc(C=Cc2nc3ccccc3[nH]2)c1[N+](=O)[O-]. The van der Waals surface area contributed by atoms with Crippen LogP contribution in [0.5, 0.6) is 0 Å². The van der Waals surface area contributed by atoms with E-state index < -0.39 is 0 Å². The number of rotatable bonds is 3. The van der Waals surface area contributed by atoms with Gasteiger partial charge in [0.1, 0.15) is 5.82 Å². The molecule has 0 unspecified atom stereocenters. The van der Waals surface area contributed by atoms with Gasteiger partial charge in [-0.1, -0.05) is 24.3 Å². The second-order valence-corrected chi connectivity index (χ2v) is 4.74. The molecule has 21 heavy (non-hydrogen) atoms. The van der Waals surface area contributed by atoms with Crippen LogP contribution in [0.15, 0.2) is 42.5 Å². The standard InChI is InChI=1S/C16H13N3O2/c1-11-5-4-6-12(16(11)19(20)21)9-10-15-17-13-7-2-3-8-14(13)18-15/h2-10H,1H3,(H,17,18).